The quantitative estimate of drug-likeness (QED) is 0.767. The first-order valence-electron chi connectivity index (χ1n) is 8.90. The Labute approximate surface area is 151 Å². The van der Waals surface area contributed by atoms with E-state index in [0.29, 0.717) is 6.42 Å². The minimum Gasteiger partial charge on any atom is -0.507 e. The zero-order chi connectivity index (χ0) is 17.7. The van der Waals surface area contributed by atoms with Crippen LogP contribution in [0.3, 0.4) is 0 Å². The first-order chi connectivity index (χ1) is 12.7. The summed E-state index contributed by atoms with van der Waals surface area (Å²) >= 11 is 0. The van der Waals surface area contributed by atoms with E-state index in [0.717, 1.165) is 47.3 Å². The Balaban J connectivity index is 1.61. The average molecular weight is 342 g/mol. The third-order valence-electron chi connectivity index (χ3n) is 5.34. The maximum Gasteiger partial charge on any atom is 0.227 e. The van der Waals surface area contributed by atoms with Crippen LogP contribution < -0.4 is 4.90 Å². The minimum absolute atomic E-state index is 0.243. The molecule has 0 unspecified atom stereocenters. The molecule has 1 amide bonds. The van der Waals surface area contributed by atoms with Gasteiger partial charge in [0.15, 0.2) is 0 Å². The molecule has 1 aromatic heterocycles. The topological polar surface area (TPSA) is 53.4 Å². The number of hydrogen-bond acceptors (Lipinski definition) is 3. The summed E-state index contributed by atoms with van der Waals surface area (Å²) in [6, 6.07) is 13.7. The number of carbonyl (C=O) groups is 1. The average Bonchev–Trinajstić information content (AvgIpc) is 3.11. The van der Waals surface area contributed by atoms with Crippen LogP contribution in [0.4, 0.5) is 5.69 Å². The predicted molar refractivity (Wildman–Crippen MR) is 101 cm³/mol. The highest BCUT2D eigenvalue weighted by atomic mass is 16.3. The van der Waals surface area contributed by atoms with E-state index >= 15 is 0 Å². The molecular weight excluding hydrogens is 324 g/mol. The molecule has 2 aliphatic heterocycles. The number of benzene rings is 2. The molecule has 1 N–H and O–H groups in total. The van der Waals surface area contributed by atoms with Gasteiger partial charge in [0.25, 0.3) is 0 Å². The molecule has 0 spiro atoms. The van der Waals surface area contributed by atoms with Crippen molar-refractivity contribution in [3.8, 4) is 28.0 Å². The van der Waals surface area contributed by atoms with E-state index in [2.05, 4.69) is 23.2 Å². The van der Waals surface area contributed by atoms with E-state index < -0.39 is 0 Å². The summed E-state index contributed by atoms with van der Waals surface area (Å²) in [5, 5.41) is 10.1. The molecule has 3 aromatic rings. The van der Waals surface area contributed by atoms with Crippen molar-refractivity contribution < 1.29 is 9.90 Å². The van der Waals surface area contributed by atoms with Crippen LogP contribution in [0.15, 0.2) is 54.9 Å². The number of aromatic hydroxyl groups is 1. The van der Waals surface area contributed by atoms with Gasteiger partial charge in [-0.15, -0.1) is 0 Å². The lowest BCUT2D eigenvalue weighted by Gasteiger charge is -2.25. The van der Waals surface area contributed by atoms with Crippen LogP contribution in [0.2, 0.25) is 0 Å². The summed E-state index contributed by atoms with van der Waals surface area (Å²) in [4.78, 5) is 18.4. The highest BCUT2D eigenvalue weighted by Gasteiger charge is 2.31. The number of aryl methyl sites for hydroxylation is 1. The molecule has 26 heavy (non-hydrogen) atoms. The van der Waals surface area contributed by atoms with Gasteiger partial charge in [-0.05, 0) is 53.8 Å². The third-order valence-corrected chi connectivity index (χ3v) is 5.34. The number of nitrogens with zero attached hydrogens (tertiary/aromatic N) is 2. The van der Waals surface area contributed by atoms with Gasteiger partial charge in [-0.25, -0.2) is 0 Å². The lowest BCUT2D eigenvalue weighted by atomic mass is 9.93. The lowest BCUT2D eigenvalue weighted by molar-refractivity contribution is -0.118. The number of hydrogen-bond donors (Lipinski definition) is 1. The predicted octanol–water partition coefficient (Wildman–Crippen LogP) is 3.96. The van der Waals surface area contributed by atoms with E-state index in [1.807, 2.05) is 29.3 Å². The van der Waals surface area contributed by atoms with Gasteiger partial charge < -0.3 is 10.0 Å². The van der Waals surface area contributed by atoms with Crippen LogP contribution >= 0.6 is 0 Å². The van der Waals surface area contributed by atoms with Gasteiger partial charge in [0.2, 0.25) is 5.91 Å². The maximum atomic E-state index is 12.1. The Kier molecular flexibility index (Phi) is 3.32. The second kappa shape index (κ2) is 5.70. The summed E-state index contributed by atoms with van der Waals surface area (Å²) in [6.45, 7) is 0.792. The van der Waals surface area contributed by atoms with Gasteiger partial charge in [0.05, 0.1) is 5.69 Å². The molecule has 4 nitrogen and oxygen atoms in total. The molecule has 2 aliphatic rings. The number of amides is 1. The van der Waals surface area contributed by atoms with Crippen LogP contribution in [0, 0.1) is 0 Å². The second-order valence-electron chi connectivity index (χ2n) is 6.92. The number of pyridine rings is 1. The Morgan fingerprint density at radius 3 is 2.50 bits per heavy atom. The lowest BCUT2D eigenvalue weighted by Crippen LogP contribution is -2.32. The number of rotatable bonds is 2. The molecular formula is C22H18N2O2. The molecule has 5 rings (SSSR count). The van der Waals surface area contributed by atoms with Crippen molar-refractivity contribution in [1.29, 1.82) is 0 Å². The van der Waals surface area contributed by atoms with Gasteiger partial charge >= 0.3 is 0 Å². The highest BCUT2D eigenvalue weighted by molar-refractivity contribution is 5.99. The van der Waals surface area contributed by atoms with E-state index in [1.165, 1.54) is 11.1 Å². The third kappa shape index (κ3) is 2.30. The molecule has 0 saturated heterocycles. The molecule has 0 radical (unpaired) electrons. The summed E-state index contributed by atoms with van der Waals surface area (Å²) in [5.41, 5.74) is 7.46. The Bertz CT molecular complexity index is 1040. The van der Waals surface area contributed by atoms with Gasteiger partial charge in [0, 0.05) is 42.0 Å². The number of para-hydroxylation sites is 1. The first kappa shape index (κ1) is 15.1. The molecule has 0 aliphatic carbocycles. The van der Waals surface area contributed by atoms with E-state index in [-0.39, 0.29) is 11.7 Å². The molecule has 0 bridgehead atoms. The zero-order valence-electron chi connectivity index (χ0n) is 14.3. The molecule has 0 saturated carbocycles. The van der Waals surface area contributed by atoms with Crippen molar-refractivity contribution in [3.63, 3.8) is 0 Å². The smallest absolute Gasteiger partial charge is 0.227 e. The van der Waals surface area contributed by atoms with Gasteiger partial charge in [0.1, 0.15) is 5.75 Å². The first-order valence-corrected chi connectivity index (χ1v) is 8.90. The fraction of sp³-hybridized carbons (Fsp3) is 0.182. The molecule has 2 aromatic carbocycles. The monoisotopic (exact) mass is 342 g/mol. The summed E-state index contributed by atoms with van der Waals surface area (Å²) < 4.78 is 0. The number of anilines is 1. The molecule has 128 valence electrons. The number of carbonyl (C=O) groups excluding carboxylic acids is 1. The summed E-state index contributed by atoms with van der Waals surface area (Å²) in [5.74, 6) is 0.497. The van der Waals surface area contributed by atoms with E-state index in [1.54, 1.807) is 12.3 Å². The van der Waals surface area contributed by atoms with E-state index in [9.17, 15) is 9.90 Å². The standard InChI is InChI=1S/C22H18N2O2/c25-20-4-2-1-3-19(20)18-11-17(12-23-13-18)16-9-14-5-6-21(26)24-8-7-15(10-16)22(14)24/h1-4,9-13,25H,5-8H2. The number of aromatic nitrogens is 1. The summed E-state index contributed by atoms with van der Waals surface area (Å²) in [6.07, 6.45) is 5.94. The number of phenolic OH excluding ortho intramolecular Hbond substituents is 1. The van der Waals surface area contributed by atoms with Gasteiger partial charge in [-0.2, -0.15) is 0 Å². The molecule has 3 heterocycles. The molecule has 0 fully saturated rings. The fourth-order valence-electron chi connectivity index (χ4n) is 4.09. The normalized spacial score (nSPS) is 15.2. The maximum absolute atomic E-state index is 12.1. The van der Waals surface area contributed by atoms with Gasteiger partial charge in [-0.1, -0.05) is 18.2 Å². The van der Waals surface area contributed by atoms with Crippen LogP contribution in [-0.4, -0.2) is 22.5 Å². The van der Waals surface area contributed by atoms with Crippen LogP contribution in [-0.2, 0) is 17.6 Å². The van der Waals surface area contributed by atoms with Crippen molar-refractivity contribution in [2.24, 2.45) is 0 Å². The van der Waals surface area contributed by atoms with Crippen molar-refractivity contribution in [3.05, 3.63) is 66.0 Å². The zero-order valence-corrected chi connectivity index (χ0v) is 14.3. The van der Waals surface area contributed by atoms with Gasteiger partial charge in [-0.3, -0.25) is 9.78 Å². The van der Waals surface area contributed by atoms with Crippen molar-refractivity contribution in [1.82, 2.24) is 4.98 Å². The SMILES string of the molecule is O=C1CCc2cc(-c3cncc(-c4ccccc4O)c3)cc3c2N1CC3. The van der Waals surface area contributed by atoms with Crippen molar-refractivity contribution >= 4 is 11.6 Å². The Hall–Kier alpha value is -3.14. The Morgan fingerprint density at radius 1 is 0.885 bits per heavy atom. The molecule has 4 heteroatoms. The second-order valence-corrected chi connectivity index (χ2v) is 6.92. The fourth-order valence-corrected chi connectivity index (χ4v) is 4.09. The Morgan fingerprint density at radius 2 is 1.65 bits per heavy atom. The number of phenols is 1. The van der Waals surface area contributed by atoms with Crippen LogP contribution in [0.5, 0.6) is 5.75 Å². The van der Waals surface area contributed by atoms with E-state index in [4.69, 9.17) is 0 Å². The summed E-state index contributed by atoms with van der Waals surface area (Å²) in [7, 11) is 0. The highest BCUT2D eigenvalue weighted by Crippen LogP contribution is 2.40. The molecule has 0 atom stereocenters. The minimum atomic E-state index is 0.243. The van der Waals surface area contributed by atoms with Crippen molar-refractivity contribution in [2.75, 3.05) is 11.4 Å². The van der Waals surface area contributed by atoms with Crippen molar-refractivity contribution in [2.45, 2.75) is 19.3 Å². The van der Waals surface area contributed by atoms with Crippen LogP contribution in [0.1, 0.15) is 17.5 Å². The van der Waals surface area contributed by atoms with Crippen LogP contribution in [0.25, 0.3) is 22.3 Å². The largest absolute Gasteiger partial charge is 0.507 e.